The number of hydrogen-bond donors (Lipinski definition) is 1. The third-order valence-corrected chi connectivity index (χ3v) is 4.75. The zero-order chi connectivity index (χ0) is 19.2. The average Bonchev–Trinajstić information content (AvgIpc) is 2.69. The number of likely N-dealkylation sites (tertiary alicyclic amines) is 1. The summed E-state index contributed by atoms with van der Waals surface area (Å²) < 4.78 is 10.4. The second kappa shape index (κ2) is 8.98. The van der Waals surface area contributed by atoms with Crippen molar-refractivity contribution >= 4 is 17.8 Å². The molecule has 0 saturated carbocycles. The first-order valence-corrected chi connectivity index (χ1v) is 9.47. The van der Waals surface area contributed by atoms with Crippen molar-refractivity contribution in [3.63, 3.8) is 0 Å². The van der Waals surface area contributed by atoms with Gasteiger partial charge in [0.25, 0.3) is 5.91 Å². The van der Waals surface area contributed by atoms with Crippen LogP contribution in [0.5, 0.6) is 0 Å². The quantitative estimate of drug-likeness (QED) is 0.835. The maximum atomic E-state index is 12.7. The molecule has 0 bridgehead atoms. The number of anilines is 1. The lowest BCUT2D eigenvalue weighted by molar-refractivity contribution is 0.0856. The van der Waals surface area contributed by atoms with E-state index < -0.39 is 0 Å². The number of rotatable bonds is 4. The van der Waals surface area contributed by atoms with Crippen LogP contribution in [-0.2, 0) is 9.47 Å². The third kappa shape index (κ3) is 5.06. The lowest BCUT2D eigenvalue weighted by Crippen LogP contribution is -2.47. The molecule has 0 spiro atoms. The minimum absolute atomic E-state index is 0.0188. The predicted octanol–water partition coefficient (Wildman–Crippen LogP) is 0.972. The maximum absolute atomic E-state index is 12.7. The molecule has 0 aliphatic carbocycles. The van der Waals surface area contributed by atoms with Crippen LogP contribution in [0.15, 0.2) is 6.07 Å². The normalized spacial score (nSPS) is 18.3. The summed E-state index contributed by atoms with van der Waals surface area (Å²) in [6.45, 7) is 7.92. The Kier molecular flexibility index (Phi) is 6.44. The molecule has 2 aliphatic rings. The van der Waals surface area contributed by atoms with E-state index in [9.17, 15) is 9.59 Å². The Balaban J connectivity index is 1.58. The van der Waals surface area contributed by atoms with Crippen molar-refractivity contribution in [2.75, 3.05) is 50.9 Å². The molecule has 1 aromatic heterocycles. The van der Waals surface area contributed by atoms with Crippen LogP contribution in [0.1, 0.15) is 36.1 Å². The summed E-state index contributed by atoms with van der Waals surface area (Å²) in [5, 5.41) is 3.03. The molecule has 0 aromatic carbocycles. The first-order valence-electron chi connectivity index (χ1n) is 9.47. The van der Waals surface area contributed by atoms with Gasteiger partial charge in [0.2, 0.25) is 0 Å². The summed E-state index contributed by atoms with van der Waals surface area (Å²) in [6.07, 6.45) is 1.11. The summed E-state index contributed by atoms with van der Waals surface area (Å²) in [7, 11) is 0. The van der Waals surface area contributed by atoms with E-state index in [1.165, 1.54) is 0 Å². The van der Waals surface area contributed by atoms with E-state index in [1.807, 2.05) is 0 Å². The van der Waals surface area contributed by atoms with Gasteiger partial charge in [0.05, 0.1) is 19.8 Å². The van der Waals surface area contributed by atoms with Crippen molar-refractivity contribution < 1.29 is 19.1 Å². The number of morpholine rings is 1. The smallest absolute Gasteiger partial charge is 0.409 e. The molecule has 9 nitrogen and oxygen atoms in total. The highest BCUT2D eigenvalue weighted by atomic mass is 16.6. The molecule has 2 amide bonds. The fraction of sp³-hybridized carbons (Fsp3) is 0.667. The van der Waals surface area contributed by atoms with Crippen LogP contribution >= 0.6 is 0 Å². The van der Waals surface area contributed by atoms with Crippen LogP contribution in [0, 0.1) is 6.92 Å². The zero-order valence-corrected chi connectivity index (χ0v) is 15.9. The van der Waals surface area contributed by atoms with Crippen LogP contribution in [0.4, 0.5) is 10.6 Å². The molecule has 2 saturated heterocycles. The highest BCUT2D eigenvalue weighted by molar-refractivity contribution is 5.93. The average molecular weight is 377 g/mol. The van der Waals surface area contributed by atoms with E-state index in [2.05, 4.69) is 20.2 Å². The number of aromatic nitrogens is 2. The highest BCUT2D eigenvalue weighted by Crippen LogP contribution is 2.16. The second-order valence-corrected chi connectivity index (χ2v) is 6.69. The number of nitrogens with zero attached hydrogens (tertiary/aromatic N) is 4. The van der Waals surface area contributed by atoms with E-state index >= 15 is 0 Å². The Labute approximate surface area is 159 Å². The van der Waals surface area contributed by atoms with E-state index in [4.69, 9.17) is 9.47 Å². The lowest BCUT2D eigenvalue weighted by Gasteiger charge is -2.31. The molecule has 1 aromatic rings. The number of carbonyl (C=O) groups excluding carboxylic acids is 2. The third-order valence-electron chi connectivity index (χ3n) is 4.75. The number of aryl methyl sites for hydroxylation is 1. The first kappa shape index (κ1) is 19.3. The van der Waals surface area contributed by atoms with Gasteiger partial charge in [0.1, 0.15) is 17.3 Å². The van der Waals surface area contributed by atoms with Gasteiger partial charge in [-0.3, -0.25) is 4.79 Å². The molecular weight excluding hydrogens is 350 g/mol. The van der Waals surface area contributed by atoms with E-state index in [-0.39, 0.29) is 18.0 Å². The predicted molar refractivity (Wildman–Crippen MR) is 98.9 cm³/mol. The molecule has 148 valence electrons. The Morgan fingerprint density at radius 2 is 1.93 bits per heavy atom. The van der Waals surface area contributed by atoms with E-state index in [0.29, 0.717) is 57.3 Å². The SMILES string of the molecule is CCOC(=O)N1CCC(NC(=O)c2cc(N3CCOCC3)nc(C)n2)CC1. The topological polar surface area (TPSA) is 96.9 Å². The van der Waals surface area contributed by atoms with Crippen molar-refractivity contribution in [2.45, 2.75) is 32.7 Å². The Morgan fingerprint density at radius 1 is 1.22 bits per heavy atom. The molecule has 0 unspecified atom stereocenters. The summed E-state index contributed by atoms with van der Waals surface area (Å²) in [6, 6.07) is 1.76. The molecule has 3 heterocycles. The number of carbonyl (C=O) groups is 2. The van der Waals surface area contributed by atoms with Crippen molar-refractivity contribution in [1.29, 1.82) is 0 Å². The summed E-state index contributed by atoms with van der Waals surface area (Å²) in [5.74, 6) is 1.12. The van der Waals surface area contributed by atoms with Gasteiger partial charge in [-0.15, -0.1) is 0 Å². The molecule has 1 N–H and O–H groups in total. The van der Waals surface area contributed by atoms with Crippen molar-refractivity contribution in [2.24, 2.45) is 0 Å². The zero-order valence-electron chi connectivity index (χ0n) is 15.9. The molecule has 2 fully saturated rings. The first-order chi connectivity index (χ1) is 13.1. The Hall–Kier alpha value is -2.42. The molecule has 2 aliphatic heterocycles. The van der Waals surface area contributed by atoms with E-state index in [0.717, 1.165) is 18.9 Å². The highest BCUT2D eigenvalue weighted by Gasteiger charge is 2.25. The van der Waals surface area contributed by atoms with Gasteiger partial charge in [-0.25, -0.2) is 14.8 Å². The van der Waals surface area contributed by atoms with Crippen molar-refractivity contribution in [3.05, 3.63) is 17.6 Å². The monoisotopic (exact) mass is 377 g/mol. The summed E-state index contributed by atoms with van der Waals surface area (Å²) >= 11 is 0. The standard InChI is InChI=1S/C18H27N5O4/c1-3-27-18(25)23-6-4-14(5-7-23)21-17(24)15-12-16(20-13(2)19-15)22-8-10-26-11-9-22/h12,14H,3-11H2,1-2H3,(H,21,24). The number of nitrogens with one attached hydrogen (secondary N) is 1. The van der Waals surface area contributed by atoms with Gasteiger partial charge in [0, 0.05) is 38.3 Å². The molecule has 0 radical (unpaired) electrons. The number of hydrogen-bond acceptors (Lipinski definition) is 7. The Morgan fingerprint density at radius 3 is 2.59 bits per heavy atom. The molecule has 9 heteroatoms. The number of ether oxygens (including phenoxy) is 2. The minimum Gasteiger partial charge on any atom is -0.450 e. The van der Waals surface area contributed by atoms with Crippen molar-refractivity contribution in [3.8, 4) is 0 Å². The molecule has 0 atom stereocenters. The van der Waals surface area contributed by atoms with Crippen LogP contribution < -0.4 is 10.2 Å². The van der Waals surface area contributed by atoms with Crippen molar-refractivity contribution in [1.82, 2.24) is 20.2 Å². The number of piperidine rings is 1. The lowest BCUT2D eigenvalue weighted by atomic mass is 10.1. The van der Waals surface area contributed by atoms with Gasteiger partial charge in [0.15, 0.2) is 0 Å². The number of amides is 2. The largest absolute Gasteiger partial charge is 0.450 e. The van der Waals surface area contributed by atoms with Gasteiger partial charge in [-0.05, 0) is 26.7 Å². The summed E-state index contributed by atoms with van der Waals surface area (Å²) in [5.41, 5.74) is 0.372. The summed E-state index contributed by atoms with van der Waals surface area (Å²) in [4.78, 5) is 37.0. The molecular formula is C18H27N5O4. The van der Waals surface area contributed by atoms with Crippen LogP contribution in [-0.4, -0.2) is 78.9 Å². The van der Waals surface area contributed by atoms with Gasteiger partial charge in [-0.1, -0.05) is 0 Å². The van der Waals surface area contributed by atoms with Crippen LogP contribution in [0.2, 0.25) is 0 Å². The van der Waals surface area contributed by atoms with Crippen LogP contribution in [0.25, 0.3) is 0 Å². The van der Waals surface area contributed by atoms with Crippen LogP contribution in [0.3, 0.4) is 0 Å². The van der Waals surface area contributed by atoms with Gasteiger partial charge >= 0.3 is 6.09 Å². The fourth-order valence-corrected chi connectivity index (χ4v) is 3.30. The molecule has 27 heavy (non-hydrogen) atoms. The van der Waals surface area contributed by atoms with Gasteiger partial charge < -0.3 is 24.6 Å². The van der Waals surface area contributed by atoms with E-state index in [1.54, 1.807) is 24.8 Å². The second-order valence-electron chi connectivity index (χ2n) is 6.69. The molecule has 3 rings (SSSR count). The maximum Gasteiger partial charge on any atom is 0.409 e. The fourth-order valence-electron chi connectivity index (χ4n) is 3.30. The minimum atomic E-state index is -0.288. The Bertz CT molecular complexity index is 670. The van der Waals surface area contributed by atoms with Gasteiger partial charge in [-0.2, -0.15) is 0 Å².